The Kier molecular flexibility index (Phi) is 2.87. The smallest absolute Gasteiger partial charge is 0.253 e. The summed E-state index contributed by atoms with van der Waals surface area (Å²) in [5.41, 5.74) is 1.48. The van der Waals surface area contributed by atoms with Crippen molar-refractivity contribution in [2.45, 2.75) is 0 Å². The Morgan fingerprint density at radius 2 is 2.44 bits per heavy atom. The Labute approximate surface area is 92.9 Å². The Hall–Kier alpha value is -1.88. The number of hydrogen-bond acceptors (Lipinski definition) is 3. The number of pyridine rings is 1. The minimum Gasteiger partial charge on any atom is -0.395 e. The van der Waals surface area contributed by atoms with Gasteiger partial charge in [0.15, 0.2) is 0 Å². The van der Waals surface area contributed by atoms with Gasteiger partial charge in [0.2, 0.25) is 0 Å². The van der Waals surface area contributed by atoms with Crippen LogP contribution in [0.2, 0.25) is 0 Å². The molecule has 0 saturated heterocycles. The van der Waals surface area contributed by atoms with E-state index < -0.39 is 0 Å². The second-order valence-electron chi connectivity index (χ2n) is 3.59. The molecular formula is C11H13N3O2. The first kappa shape index (κ1) is 10.6. The van der Waals surface area contributed by atoms with Gasteiger partial charge in [-0.25, -0.2) is 4.98 Å². The lowest BCUT2D eigenvalue weighted by atomic mass is 10.2. The lowest BCUT2D eigenvalue weighted by molar-refractivity contribution is 0.0767. The van der Waals surface area contributed by atoms with E-state index in [4.69, 9.17) is 5.11 Å². The van der Waals surface area contributed by atoms with Crippen LogP contribution in [-0.2, 0) is 0 Å². The number of aliphatic hydroxyl groups excluding tert-OH is 1. The number of carbonyl (C=O) groups is 1. The van der Waals surface area contributed by atoms with Crippen molar-refractivity contribution in [2.75, 3.05) is 20.2 Å². The van der Waals surface area contributed by atoms with E-state index in [0.29, 0.717) is 12.1 Å². The molecule has 0 bridgehead atoms. The van der Waals surface area contributed by atoms with Crippen molar-refractivity contribution in [1.82, 2.24) is 14.3 Å². The summed E-state index contributed by atoms with van der Waals surface area (Å²) < 4.78 is 1.84. The van der Waals surface area contributed by atoms with Gasteiger partial charge in [0.25, 0.3) is 5.91 Å². The van der Waals surface area contributed by atoms with E-state index in [1.807, 2.05) is 4.40 Å². The molecule has 0 aromatic carbocycles. The number of imidazole rings is 1. The lowest BCUT2D eigenvalue weighted by Gasteiger charge is -2.15. The largest absolute Gasteiger partial charge is 0.395 e. The van der Waals surface area contributed by atoms with Gasteiger partial charge in [-0.05, 0) is 12.1 Å². The summed E-state index contributed by atoms with van der Waals surface area (Å²) in [6.45, 7) is 0.306. The second kappa shape index (κ2) is 4.32. The third kappa shape index (κ3) is 1.90. The van der Waals surface area contributed by atoms with E-state index in [0.717, 1.165) is 5.52 Å². The fourth-order valence-corrected chi connectivity index (χ4v) is 1.52. The predicted octanol–water partition coefficient (Wildman–Crippen LogP) is 0.399. The quantitative estimate of drug-likeness (QED) is 0.812. The van der Waals surface area contributed by atoms with Crippen LogP contribution in [0.15, 0.2) is 30.9 Å². The summed E-state index contributed by atoms with van der Waals surface area (Å²) >= 11 is 0. The summed E-state index contributed by atoms with van der Waals surface area (Å²) in [6, 6.07) is 3.52. The van der Waals surface area contributed by atoms with Crippen molar-refractivity contribution in [1.29, 1.82) is 0 Å². The molecule has 2 aromatic rings. The van der Waals surface area contributed by atoms with Crippen LogP contribution in [0.5, 0.6) is 0 Å². The fourth-order valence-electron chi connectivity index (χ4n) is 1.52. The minimum atomic E-state index is -0.0993. The number of rotatable bonds is 3. The first-order valence-corrected chi connectivity index (χ1v) is 5.00. The molecule has 0 radical (unpaired) electrons. The number of nitrogens with zero attached hydrogens (tertiary/aromatic N) is 3. The summed E-state index contributed by atoms with van der Waals surface area (Å²) in [5.74, 6) is -0.0993. The summed E-state index contributed by atoms with van der Waals surface area (Å²) in [6.07, 6.45) is 5.17. The predicted molar refractivity (Wildman–Crippen MR) is 59.2 cm³/mol. The molecule has 16 heavy (non-hydrogen) atoms. The highest BCUT2D eigenvalue weighted by atomic mass is 16.3. The Bertz CT molecular complexity index is 507. The van der Waals surface area contributed by atoms with E-state index in [-0.39, 0.29) is 12.5 Å². The highest BCUT2D eigenvalue weighted by molar-refractivity contribution is 5.95. The minimum absolute atomic E-state index is 0.0306. The molecule has 2 rings (SSSR count). The Balaban J connectivity index is 2.28. The zero-order valence-electron chi connectivity index (χ0n) is 9.00. The van der Waals surface area contributed by atoms with Crippen LogP contribution in [0.4, 0.5) is 0 Å². The Morgan fingerprint density at radius 1 is 1.62 bits per heavy atom. The Morgan fingerprint density at radius 3 is 3.19 bits per heavy atom. The van der Waals surface area contributed by atoms with Crippen molar-refractivity contribution in [2.24, 2.45) is 0 Å². The molecule has 5 nitrogen and oxygen atoms in total. The zero-order chi connectivity index (χ0) is 11.5. The number of amides is 1. The summed E-state index contributed by atoms with van der Waals surface area (Å²) in [4.78, 5) is 17.4. The molecule has 0 aliphatic rings. The van der Waals surface area contributed by atoms with Crippen LogP contribution < -0.4 is 0 Å². The normalized spacial score (nSPS) is 10.6. The highest BCUT2D eigenvalue weighted by Gasteiger charge is 2.11. The molecule has 0 aliphatic heterocycles. The average molecular weight is 219 g/mol. The van der Waals surface area contributed by atoms with Gasteiger partial charge >= 0.3 is 0 Å². The van der Waals surface area contributed by atoms with Gasteiger partial charge < -0.3 is 14.4 Å². The SMILES string of the molecule is CN(CCO)C(=O)c1ccn2cncc2c1. The standard InChI is InChI=1S/C11H13N3O2/c1-13(4-5-15)11(16)9-2-3-14-8-12-7-10(14)6-9/h2-3,6-8,15H,4-5H2,1H3. The van der Waals surface area contributed by atoms with Crippen molar-refractivity contribution in [3.05, 3.63) is 36.4 Å². The molecule has 0 fully saturated rings. The molecule has 2 heterocycles. The molecule has 1 N–H and O–H groups in total. The molecular weight excluding hydrogens is 206 g/mol. The van der Waals surface area contributed by atoms with Gasteiger partial charge in [-0.1, -0.05) is 0 Å². The number of carbonyl (C=O) groups excluding carboxylic acids is 1. The maximum atomic E-state index is 11.9. The van der Waals surface area contributed by atoms with Crippen molar-refractivity contribution >= 4 is 11.4 Å². The van der Waals surface area contributed by atoms with Crippen LogP contribution in [0.1, 0.15) is 10.4 Å². The summed E-state index contributed by atoms with van der Waals surface area (Å²) in [5, 5.41) is 8.76. The molecule has 0 unspecified atom stereocenters. The van der Waals surface area contributed by atoms with Crippen molar-refractivity contribution in [3.63, 3.8) is 0 Å². The van der Waals surface area contributed by atoms with Gasteiger partial charge in [-0.2, -0.15) is 0 Å². The third-order valence-electron chi connectivity index (χ3n) is 2.44. The second-order valence-corrected chi connectivity index (χ2v) is 3.59. The molecule has 0 saturated carbocycles. The van der Waals surface area contributed by atoms with E-state index in [9.17, 15) is 4.79 Å². The van der Waals surface area contributed by atoms with Crippen LogP contribution in [0, 0.1) is 0 Å². The van der Waals surface area contributed by atoms with E-state index >= 15 is 0 Å². The number of likely N-dealkylation sites (N-methyl/N-ethyl adjacent to an activating group) is 1. The molecule has 2 aromatic heterocycles. The number of aliphatic hydroxyl groups is 1. The molecule has 1 amide bonds. The van der Waals surface area contributed by atoms with Gasteiger partial charge in [-0.3, -0.25) is 4.79 Å². The fraction of sp³-hybridized carbons (Fsp3) is 0.273. The maximum absolute atomic E-state index is 11.9. The van der Waals surface area contributed by atoms with E-state index in [1.165, 1.54) is 4.90 Å². The average Bonchev–Trinajstić information content (AvgIpc) is 2.75. The van der Waals surface area contributed by atoms with Crippen LogP contribution in [-0.4, -0.2) is 45.5 Å². The maximum Gasteiger partial charge on any atom is 0.253 e. The topological polar surface area (TPSA) is 57.8 Å². The van der Waals surface area contributed by atoms with Crippen LogP contribution in [0.25, 0.3) is 5.52 Å². The highest BCUT2D eigenvalue weighted by Crippen LogP contribution is 2.08. The lowest BCUT2D eigenvalue weighted by Crippen LogP contribution is -2.29. The molecule has 84 valence electrons. The van der Waals surface area contributed by atoms with E-state index in [2.05, 4.69) is 4.98 Å². The third-order valence-corrected chi connectivity index (χ3v) is 2.44. The van der Waals surface area contributed by atoms with Gasteiger partial charge in [0.1, 0.15) is 0 Å². The number of aromatic nitrogens is 2. The molecule has 0 spiro atoms. The molecule has 0 aliphatic carbocycles. The van der Waals surface area contributed by atoms with Crippen molar-refractivity contribution < 1.29 is 9.90 Å². The first-order valence-electron chi connectivity index (χ1n) is 5.00. The van der Waals surface area contributed by atoms with Crippen molar-refractivity contribution in [3.8, 4) is 0 Å². The van der Waals surface area contributed by atoms with Gasteiger partial charge in [0, 0.05) is 25.4 Å². The monoisotopic (exact) mass is 219 g/mol. The summed E-state index contributed by atoms with van der Waals surface area (Å²) in [7, 11) is 1.67. The molecule has 0 atom stereocenters. The number of hydrogen-bond donors (Lipinski definition) is 1. The van der Waals surface area contributed by atoms with E-state index in [1.54, 1.807) is 37.9 Å². The first-order chi connectivity index (χ1) is 7.72. The van der Waals surface area contributed by atoms with Gasteiger partial charge in [-0.15, -0.1) is 0 Å². The van der Waals surface area contributed by atoms with Crippen LogP contribution in [0.3, 0.4) is 0 Å². The zero-order valence-corrected chi connectivity index (χ0v) is 9.00. The van der Waals surface area contributed by atoms with Crippen LogP contribution >= 0.6 is 0 Å². The van der Waals surface area contributed by atoms with Gasteiger partial charge in [0.05, 0.1) is 24.6 Å². The molecule has 5 heteroatoms. The number of fused-ring (bicyclic) bond motifs is 1.